The number of hydrogen-bond donors (Lipinski definition) is 1. The molecular formula is C17H25N. The minimum atomic E-state index is 0.758. The highest BCUT2D eigenvalue weighted by Gasteiger charge is 2.25. The van der Waals surface area contributed by atoms with Gasteiger partial charge in [-0.05, 0) is 61.5 Å². The van der Waals surface area contributed by atoms with Crippen LogP contribution in [0.2, 0.25) is 0 Å². The Kier molecular flexibility index (Phi) is 3.69. The van der Waals surface area contributed by atoms with Gasteiger partial charge in [-0.25, -0.2) is 0 Å². The number of rotatable bonds is 4. The Morgan fingerprint density at radius 2 is 1.72 bits per heavy atom. The van der Waals surface area contributed by atoms with Crippen LogP contribution in [0.25, 0.3) is 0 Å². The third-order valence-corrected chi connectivity index (χ3v) is 4.67. The summed E-state index contributed by atoms with van der Waals surface area (Å²) >= 11 is 0. The van der Waals surface area contributed by atoms with Gasteiger partial charge in [-0.1, -0.05) is 31.2 Å². The molecule has 0 unspecified atom stereocenters. The number of nitrogens with one attached hydrogen (secondary N) is 1. The summed E-state index contributed by atoms with van der Waals surface area (Å²) in [4.78, 5) is 0. The molecule has 0 heterocycles. The molecule has 1 heteroatoms. The Bertz CT molecular complexity index is 386. The average molecular weight is 243 g/mol. The van der Waals surface area contributed by atoms with E-state index in [2.05, 4.69) is 36.5 Å². The molecule has 1 aromatic carbocycles. The van der Waals surface area contributed by atoms with Gasteiger partial charge in [0.2, 0.25) is 0 Å². The zero-order chi connectivity index (χ0) is 12.4. The topological polar surface area (TPSA) is 12.0 Å². The maximum Gasteiger partial charge on any atom is 0.0210 e. The quantitative estimate of drug-likeness (QED) is 0.834. The van der Waals surface area contributed by atoms with Crippen LogP contribution in [0.3, 0.4) is 0 Å². The molecule has 98 valence electrons. The van der Waals surface area contributed by atoms with Crippen molar-refractivity contribution in [3.8, 4) is 0 Å². The zero-order valence-electron chi connectivity index (χ0n) is 11.5. The lowest BCUT2D eigenvalue weighted by atomic mass is 9.87. The highest BCUT2D eigenvalue weighted by molar-refractivity contribution is 5.33. The number of benzene rings is 1. The first-order valence-corrected chi connectivity index (χ1v) is 7.64. The molecule has 0 aliphatic heterocycles. The van der Waals surface area contributed by atoms with Gasteiger partial charge in [0.15, 0.2) is 0 Å². The van der Waals surface area contributed by atoms with Gasteiger partial charge in [0.05, 0.1) is 0 Å². The SMILES string of the molecule is CC1CCC(NCc2ccccc2C2CC2)CC1. The molecule has 2 aliphatic carbocycles. The Hall–Kier alpha value is -0.820. The second kappa shape index (κ2) is 5.44. The molecule has 0 saturated heterocycles. The molecule has 0 spiro atoms. The van der Waals surface area contributed by atoms with Crippen molar-refractivity contribution in [1.29, 1.82) is 0 Å². The Labute approximate surface area is 111 Å². The Morgan fingerprint density at radius 3 is 2.44 bits per heavy atom. The van der Waals surface area contributed by atoms with Gasteiger partial charge in [0.25, 0.3) is 0 Å². The number of hydrogen-bond acceptors (Lipinski definition) is 1. The van der Waals surface area contributed by atoms with Crippen LogP contribution >= 0.6 is 0 Å². The molecule has 0 amide bonds. The van der Waals surface area contributed by atoms with E-state index in [0.29, 0.717) is 0 Å². The molecule has 3 rings (SSSR count). The average Bonchev–Trinajstić information content (AvgIpc) is 3.23. The maximum atomic E-state index is 3.78. The smallest absolute Gasteiger partial charge is 0.0210 e. The van der Waals surface area contributed by atoms with Crippen molar-refractivity contribution in [1.82, 2.24) is 5.32 Å². The molecule has 1 nitrogen and oxygen atoms in total. The Morgan fingerprint density at radius 1 is 1.00 bits per heavy atom. The van der Waals surface area contributed by atoms with Crippen LogP contribution in [-0.4, -0.2) is 6.04 Å². The molecule has 0 radical (unpaired) electrons. The summed E-state index contributed by atoms with van der Waals surface area (Å²) in [6, 6.07) is 9.78. The van der Waals surface area contributed by atoms with E-state index in [0.717, 1.165) is 24.4 Å². The second-order valence-corrected chi connectivity index (χ2v) is 6.31. The van der Waals surface area contributed by atoms with Gasteiger partial charge in [-0.15, -0.1) is 0 Å². The van der Waals surface area contributed by atoms with E-state index < -0.39 is 0 Å². The molecule has 18 heavy (non-hydrogen) atoms. The minimum Gasteiger partial charge on any atom is -0.310 e. The van der Waals surface area contributed by atoms with E-state index in [1.807, 2.05) is 0 Å². The normalized spacial score (nSPS) is 28.3. The lowest BCUT2D eigenvalue weighted by Gasteiger charge is -2.27. The van der Waals surface area contributed by atoms with E-state index in [1.165, 1.54) is 38.5 Å². The molecule has 1 aromatic rings. The van der Waals surface area contributed by atoms with Crippen molar-refractivity contribution < 1.29 is 0 Å². The molecule has 0 atom stereocenters. The predicted octanol–water partition coefficient (Wildman–Crippen LogP) is 4.23. The highest BCUT2D eigenvalue weighted by Crippen LogP contribution is 2.41. The van der Waals surface area contributed by atoms with Crippen molar-refractivity contribution in [3.05, 3.63) is 35.4 Å². The first kappa shape index (κ1) is 12.2. The first-order chi connectivity index (χ1) is 8.83. The van der Waals surface area contributed by atoms with E-state index in [4.69, 9.17) is 0 Å². The van der Waals surface area contributed by atoms with Crippen molar-refractivity contribution in [2.75, 3.05) is 0 Å². The zero-order valence-corrected chi connectivity index (χ0v) is 11.5. The van der Waals surface area contributed by atoms with Gasteiger partial charge in [-0.2, -0.15) is 0 Å². The highest BCUT2D eigenvalue weighted by atomic mass is 14.9. The van der Waals surface area contributed by atoms with Crippen LogP contribution in [-0.2, 0) is 6.54 Å². The predicted molar refractivity (Wildman–Crippen MR) is 76.7 cm³/mol. The van der Waals surface area contributed by atoms with Crippen molar-refractivity contribution in [2.24, 2.45) is 5.92 Å². The molecule has 0 aromatic heterocycles. The monoisotopic (exact) mass is 243 g/mol. The van der Waals surface area contributed by atoms with Crippen LogP contribution < -0.4 is 5.32 Å². The fraction of sp³-hybridized carbons (Fsp3) is 0.647. The third kappa shape index (κ3) is 2.95. The molecule has 0 bridgehead atoms. The first-order valence-electron chi connectivity index (χ1n) is 7.64. The summed E-state index contributed by atoms with van der Waals surface area (Å²) < 4.78 is 0. The molecular weight excluding hydrogens is 218 g/mol. The van der Waals surface area contributed by atoms with Crippen LogP contribution in [0, 0.1) is 5.92 Å². The van der Waals surface area contributed by atoms with Crippen molar-refractivity contribution >= 4 is 0 Å². The lowest BCUT2D eigenvalue weighted by molar-refractivity contribution is 0.306. The van der Waals surface area contributed by atoms with Crippen LogP contribution in [0.5, 0.6) is 0 Å². The second-order valence-electron chi connectivity index (χ2n) is 6.31. The summed E-state index contributed by atoms with van der Waals surface area (Å²) in [5.41, 5.74) is 3.15. The van der Waals surface area contributed by atoms with Crippen molar-refractivity contribution in [3.63, 3.8) is 0 Å². The fourth-order valence-electron chi connectivity index (χ4n) is 3.21. The standard InChI is InChI=1S/C17H25N/c1-13-6-10-16(11-7-13)18-12-15-4-2-3-5-17(15)14-8-9-14/h2-5,13-14,16,18H,6-12H2,1H3. The fourth-order valence-corrected chi connectivity index (χ4v) is 3.21. The summed E-state index contributed by atoms with van der Waals surface area (Å²) in [5, 5.41) is 3.78. The molecule has 2 aliphatic rings. The molecule has 1 N–H and O–H groups in total. The molecule has 2 saturated carbocycles. The molecule has 2 fully saturated rings. The van der Waals surface area contributed by atoms with Crippen molar-refractivity contribution in [2.45, 2.75) is 64.0 Å². The van der Waals surface area contributed by atoms with E-state index >= 15 is 0 Å². The van der Waals surface area contributed by atoms with E-state index in [-0.39, 0.29) is 0 Å². The van der Waals surface area contributed by atoms with Gasteiger partial charge in [0, 0.05) is 12.6 Å². The summed E-state index contributed by atoms with van der Waals surface area (Å²) in [6.45, 7) is 3.46. The van der Waals surface area contributed by atoms with Gasteiger partial charge >= 0.3 is 0 Å². The lowest BCUT2D eigenvalue weighted by Crippen LogP contribution is -2.32. The largest absolute Gasteiger partial charge is 0.310 e. The van der Waals surface area contributed by atoms with Gasteiger partial charge in [-0.3, -0.25) is 0 Å². The van der Waals surface area contributed by atoms with E-state index in [9.17, 15) is 0 Å². The van der Waals surface area contributed by atoms with Gasteiger partial charge < -0.3 is 5.32 Å². The Balaban J connectivity index is 1.56. The summed E-state index contributed by atoms with van der Waals surface area (Å²) in [6.07, 6.45) is 8.35. The minimum absolute atomic E-state index is 0.758. The third-order valence-electron chi connectivity index (χ3n) is 4.67. The van der Waals surface area contributed by atoms with E-state index in [1.54, 1.807) is 11.1 Å². The van der Waals surface area contributed by atoms with Crippen LogP contribution in [0.15, 0.2) is 24.3 Å². The maximum absolute atomic E-state index is 3.78. The van der Waals surface area contributed by atoms with Gasteiger partial charge in [0.1, 0.15) is 0 Å². The summed E-state index contributed by atoms with van der Waals surface area (Å²) in [5.74, 6) is 1.82. The van der Waals surface area contributed by atoms with Crippen LogP contribution in [0.4, 0.5) is 0 Å². The van der Waals surface area contributed by atoms with Crippen LogP contribution in [0.1, 0.15) is 62.5 Å². The summed E-state index contributed by atoms with van der Waals surface area (Å²) in [7, 11) is 0.